The van der Waals surface area contributed by atoms with Crippen LogP contribution in [-0.2, 0) is 6.42 Å². The molecule has 0 bridgehead atoms. The van der Waals surface area contributed by atoms with Gasteiger partial charge in [-0.05, 0) is 68.7 Å². The number of aromatic nitrogens is 3. The predicted molar refractivity (Wildman–Crippen MR) is 119 cm³/mol. The molecular weight excluding hydrogens is 398 g/mol. The van der Waals surface area contributed by atoms with Gasteiger partial charge in [0.05, 0.1) is 6.61 Å². The zero-order chi connectivity index (χ0) is 20.5. The summed E-state index contributed by atoms with van der Waals surface area (Å²) in [5.74, 6) is -0.0290. The molecule has 148 valence electrons. The molecule has 30 heavy (non-hydrogen) atoms. The van der Waals surface area contributed by atoms with E-state index < -0.39 is 0 Å². The molecule has 6 heteroatoms. The van der Waals surface area contributed by atoms with Crippen molar-refractivity contribution in [3.63, 3.8) is 0 Å². The Balaban J connectivity index is 1.31. The number of carbonyl (C=O) groups excluding carboxylic acids is 1. The van der Waals surface area contributed by atoms with Crippen LogP contribution in [0.5, 0.6) is 6.01 Å². The van der Waals surface area contributed by atoms with Gasteiger partial charge in [-0.15, -0.1) is 0 Å². The molecule has 0 amide bonds. The number of halogens is 1. The fraction of sp³-hybridized carbons (Fsp3) is 0.167. The Morgan fingerprint density at radius 3 is 2.37 bits per heavy atom. The van der Waals surface area contributed by atoms with Gasteiger partial charge in [-0.25, -0.2) is 0 Å². The number of aryl methyl sites for hydroxylation is 1. The SMILES string of the molecule is O=Cc1nc(Cl)nc(OCCCCc2ccc3ccc4cccc5ccc2c3c45)n1. The number of ether oxygens (including phenoxy) is 1. The third kappa shape index (κ3) is 3.42. The Morgan fingerprint density at radius 2 is 1.57 bits per heavy atom. The molecule has 1 heterocycles. The van der Waals surface area contributed by atoms with Crippen LogP contribution in [0.15, 0.2) is 54.6 Å². The maximum atomic E-state index is 10.8. The van der Waals surface area contributed by atoms with Crippen LogP contribution < -0.4 is 4.74 Å². The van der Waals surface area contributed by atoms with Crippen molar-refractivity contribution in [3.8, 4) is 6.01 Å². The molecule has 0 radical (unpaired) electrons. The summed E-state index contributed by atoms with van der Waals surface area (Å²) in [5.41, 5.74) is 1.34. The molecule has 5 aromatic rings. The van der Waals surface area contributed by atoms with Crippen LogP contribution in [0.25, 0.3) is 32.3 Å². The van der Waals surface area contributed by atoms with Crippen LogP contribution in [0.2, 0.25) is 5.28 Å². The minimum Gasteiger partial charge on any atom is -0.463 e. The average molecular weight is 416 g/mol. The fourth-order valence-corrected chi connectivity index (χ4v) is 4.22. The number of carbonyl (C=O) groups is 1. The van der Waals surface area contributed by atoms with Gasteiger partial charge in [-0.3, -0.25) is 4.79 Å². The van der Waals surface area contributed by atoms with Crippen molar-refractivity contribution in [2.75, 3.05) is 6.61 Å². The summed E-state index contributed by atoms with van der Waals surface area (Å²) in [6.07, 6.45) is 3.27. The third-order valence-electron chi connectivity index (χ3n) is 5.40. The smallest absolute Gasteiger partial charge is 0.321 e. The average Bonchev–Trinajstić information content (AvgIpc) is 2.77. The van der Waals surface area contributed by atoms with Crippen LogP contribution >= 0.6 is 11.6 Å². The van der Waals surface area contributed by atoms with Crippen LogP contribution in [0.4, 0.5) is 0 Å². The lowest BCUT2D eigenvalue weighted by atomic mass is 9.91. The number of rotatable bonds is 7. The lowest BCUT2D eigenvalue weighted by molar-refractivity contribution is 0.111. The first-order chi connectivity index (χ1) is 14.7. The summed E-state index contributed by atoms with van der Waals surface area (Å²) in [5, 5.41) is 7.80. The molecule has 0 spiro atoms. The van der Waals surface area contributed by atoms with Crippen molar-refractivity contribution in [2.45, 2.75) is 19.3 Å². The molecule has 4 aromatic carbocycles. The molecule has 0 aliphatic carbocycles. The first-order valence-electron chi connectivity index (χ1n) is 9.88. The number of aldehydes is 1. The Morgan fingerprint density at radius 1 is 0.833 bits per heavy atom. The second kappa shape index (κ2) is 7.84. The number of hydrogen-bond acceptors (Lipinski definition) is 5. The minimum absolute atomic E-state index is 0.0290. The van der Waals surface area contributed by atoms with Crippen LogP contribution in [0, 0.1) is 0 Å². The Hall–Kier alpha value is -3.31. The van der Waals surface area contributed by atoms with Gasteiger partial charge < -0.3 is 4.74 Å². The normalized spacial score (nSPS) is 11.5. The molecule has 0 aliphatic rings. The van der Waals surface area contributed by atoms with Crippen molar-refractivity contribution in [2.24, 2.45) is 0 Å². The van der Waals surface area contributed by atoms with E-state index in [9.17, 15) is 4.79 Å². The van der Waals surface area contributed by atoms with E-state index in [-0.39, 0.29) is 17.1 Å². The summed E-state index contributed by atoms with van der Waals surface area (Å²) in [4.78, 5) is 22.3. The molecule has 0 atom stereocenters. The number of nitrogens with zero attached hydrogens (tertiary/aromatic N) is 3. The maximum absolute atomic E-state index is 10.8. The molecule has 0 saturated carbocycles. The van der Waals surface area contributed by atoms with E-state index in [4.69, 9.17) is 16.3 Å². The summed E-state index contributed by atoms with van der Waals surface area (Å²) in [6.45, 7) is 0.449. The van der Waals surface area contributed by atoms with E-state index >= 15 is 0 Å². The number of unbranched alkanes of at least 4 members (excludes halogenated alkanes) is 1. The van der Waals surface area contributed by atoms with E-state index in [0.29, 0.717) is 12.9 Å². The van der Waals surface area contributed by atoms with Gasteiger partial charge in [0, 0.05) is 0 Å². The molecule has 5 rings (SSSR count). The van der Waals surface area contributed by atoms with Gasteiger partial charge in [0.15, 0.2) is 6.29 Å². The van der Waals surface area contributed by atoms with Gasteiger partial charge in [0.25, 0.3) is 0 Å². The van der Waals surface area contributed by atoms with E-state index in [1.807, 2.05) is 0 Å². The third-order valence-corrected chi connectivity index (χ3v) is 5.57. The van der Waals surface area contributed by atoms with E-state index in [0.717, 1.165) is 19.3 Å². The summed E-state index contributed by atoms with van der Waals surface area (Å²) >= 11 is 5.77. The molecule has 0 saturated heterocycles. The van der Waals surface area contributed by atoms with Crippen LogP contribution in [0.1, 0.15) is 29.0 Å². The zero-order valence-electron chi connectivity index (χ0n) is 16.1. The molecule has 0 N–H and O–H groups in total. The van der Waals surface area contributed by atoms with Crippen molar-refractivity contribution >= 4 is 50.2 Å². The van der Waals surface area contributed by atoms with Crippen molar-refractivity contribution in [1.29, 1.82) is 0 Å². The van der Waals surface area contributed by atoms with Crippen molar-refractivity contribution in [3.05, 3.63) is 71.3 Å². The summed E-state index contributed by atoms with van der Waals surface area (Å²) in [6, 6.07) is 19.8. The predicted octanol–water partition coefficient (Wildman–Crippen LogP) is 5.64. The molecule has 0 unspecified atom stereocenters. The highest BCUT2D eigenvalue weighted by atomic mass is 35.5. The molecule has 0 aliphatic heterocycles. The second-order valence-electron chi connectivity index (χ2n) is 7.25. The highest BCUT2D eigenvalue weighted by Crippen LogP contribution is 2.36. The Bertz CT molecular complexity index is 1350. The Labute approximate surface area is 178 Å². The first-order valence-corrected chi connectivity index (χ1v) is 10.3. The first kappa shape index (κ1) is 18.7. The monoisotopic (exact) mass is 415 g/mol. The zero-order valence-corrected chi connectivity index (χ0v) is 16.9. The standard InChI is InChI=1S/C24H18ClN3O2/c25-23-26-20(14-29)27-24(28-23)30-13-2-1-4-15-7-8-18-10-9-16-5-3-6-17-11-12-19(15)22(18)21(16)17/h3,5-12,14H,1-2,4,13H2. The lowest BCUT2D eigenvalue weighted by Gasteiger charge is -2.14. The maximum Gasteiger partial charge on any atom is 0.321 e. The van der Waals surface area contributed by atoms with Gasteiger partial charge in [-0.1, -0.05) is 54.6 Å². The molecular formula is C24H18ClN3O2. The quantitative estimate of drug-likeness (QED) is 0.195. The second-order valence-corrected chi connectivity index (χ2v) is 7.59. The van der Waals surface area contributed by atoms with E-state index in [1.165, 1.54) is 37.9 Å². The fourth-order valence-electron chi connectivity index (χ4n) is 4.06. The van der Waals surface area contributed by atoms with Gasteiger partial charge >= 0.3 is 6.01 Å². The molecule has 1 aromatic heterocycles. The highest BCUT2D eigenvalue weighted by Gasteiger charge is 2.11. The highest BCUT2D eigenvalue weighted by molar-refractivity contribution is 6.28. The van der Waals surface area contributed by atoms with Crippen molar-refractivity contribution in [1.82, 2.24) is 15.0 Å². The molecule has 0 fully saturated rings. The Kier molecular flexibility index (Phi) is 4.89. The lowest BCUT2D eigenvalue weighted by Crippen LogP contribution is -2.05. The molecule has 5 nitrogen and oxygen atoms in total. The van der Waals surface area contributed by atoms with Gasteiger partial charge in [0.1, 0.15) is 0 Å². The van der Waals surface area contributed by atoms with E-state index in [2.05, 4.69) is 69.5 Å². The minimum atomic E-state index is -0.0456. The summed E-state index contributed by atoms with van der Waals surface area (Å²) in [7, 11) is 0. The number of hydrogen-bond donors (Lipinski definition) is 0. The number of benzene rings is 4. The topological polar surface area (TPSA) is 65.0 Å². The van der Waals surface area contributed by atoms with E-state index in [1.54, 1.807) is 0 Å². The largest absolute Gasteiger partial charge is 0.463 e. The van der Waals surface area contributed by atoms with Crippen LogP contribution in [0.3, 0.4) is 0 Å². The summed E-state index contributed by atoms with van der Waals surface area (Å²) < 4.78 is 5.54. The van der Waals surface area contributed by atoms with Crippen LogP contribution in [-0.4, -0.2) is 27.8 Å². The van der Waals surface area contributed by atoms with Gasteiger partial charge in [-0.2, -0.15) is 15.0 Å². The van der Waals surface area contributed by atoms with Gasteiger partial charge in [0.2, 0.25) is 11.1 Å². The van der Waals surface area contributed by atoms with Crippen molar-refractivity contribution < 1.29 is 9.53 Å².